The predicted molar refractivity (Wildman–Crippen MR) is 90.4 cm³/mol. The van der Waals surface area contributed by atoms with Crippen LogP contribution in [-0.4, -0.2) is 14.2 Å². The number of hydrogen-bond donors (Lipinski definition) is 0. The van der Waals surface area contributed by atoms with E-state index in [2.05, 4.69) is 0 Å². The molecule has 4 nitrogen and oxygen atoms in total. The molecule has 0 fully saturated rings. The highest BCUT2D eigenvalue weighted by Gasteiger charge is 2.24. The second-order valence-corrected chi connectivity index (χ2v) is 6.97. The maximum absolute atomic E-state index is 13.7. The van der Waals surface area contributed by atoms with Gasteiger partial charge in [0.15, 0.2) is 17.4 Å². The molecule has 27 heavy (non-hydrogen) atoms. The zero-order valence-electron chi connectivity index (χ0n) is 13.5. The third-order valence-electron chi connectivity index (χ3n) is 3.60. The molecule has 0 N–H and O–H groups in total. The molecule has 0 amide bonds. The molecule has 0 spiro atoms. The molecule has 0 saturated heterocycles. The Labute approximate surface area is 153 Å². The Morgan fingerprint density at radius 1 is 0.741 bits per heavy atom. The van der Waals surface area contributed by atoms with Crippen molar-refractivity contribution in [1.82, 2.24) is 0 Å². The molecule has 138 valence electrons. The summed E-state index contributed by atoms with van der Waals surface area (Å²) in [5.41, 5.74) is 0.729. The number of benzene rings is 3. The standard InChI is InChI=1S/C19H11F3O4S/c20-15-10-17(22)18(11-16(15)21)27(24,25)26-14-8-6-13(7-9-14)19(23)12-4-2-1-3-5-12/h1-11H. The second kappa shape index (κ2) is 7.24. The molecule has 3 aromatic carbocycles. The molecule has 3 rings (SSSR count). The maximum atomic E-state index is 13.7. The minimum Gasteiger partial charge on any atom is -0.379 e. The molecule has 0 aliphatic carbocycles. The van der Waals surface area contributed by atoms with Gasteiger partial charge in [0.1, 0.15) is 16.5 Å². The molecule has 0 bridgehead atoms. The van der Waals surface area contributed by atoms with Crippen LogP contribution >= 0.6 is 0 Å². The molecule has 0 aliphatic rings. The molecule has 0 aromatic heterocycles. The smallest absolute Gasteiger partial charge is 0.342 e. The normalized spacial score (nSPS) is 11.2. The average molecular weight is 392 g/mol. The lowest BCUT2D eigenvalue weighted by atomic mass is 10.0. The van der Waals surface area contributed by atoms with E-state index in [-0.39, 0.29) is 29.2 Å². The molecule has 0 heterocycles. The van der Waals surface area contributed by atoms with Crippen LogP contribution in [0.2, 0.25) is 0 Å². The fourth-order valence-corrected chi connectivity index (χ4v) is 3.29. The van der Waals surface area contributed by atoms with E-state index in [4.69, 9.17) is 4.18 Å². The first-order valence-electron chi connectivity index (χ1n) is 7.57. The van der Waals surface area contributed by atoms with Crippen molar-refractivity contribution in [2.75, 3.05) is 0 Å². The van der Waals surface area contributed by atoms with Gasteiger partial charge in [0.25, 0.3) is 0 Å². The molecular formula is C19H11F3O4S. The first kappa shape index (κ1) is 18.7. The summed E-state index contributed by atoms with van der Waals surface area (Å²) in [4.78, 5) is 11.2. The fraction of sp³-hybridized carbons (Fsp3) is 0. The second-order valence-electron chi connectivity index (χ2n) is 5.45. The minimum absolute atomic E-state index is 0.118. The molecular weight excluding hydrogens is 381 g/mol. The molecule has 0 unspecified atom stereocenters. The van der Waals surface area contributed by atoms with Gasteiger partial charge in [-0.15, -0.1) is 0 Å². The van der Waals surface area contributed by atoms with E-state index in [1.807, 2.05) is 0 Å². The molecule has 3 aromatic rings. The molecule has 0 saturated carbocycles. The van der Waals surface area contributed by atoms with Crippen LogP contribution in [0.4, 0.5) is 13.2 Å². The predicted octanol–water partition coefficient (Wildman–Crippen LogP) is 4.10. The van der Waals surface area contributed by atoms with Gasteiger partial charge in [-0.05, 0) is 24.3 Å². The highest BCUT2D eigenvalue weighted by atomic mass is 32.2. The Bertz CT molecular complexity index is 1100. The van der Waals surface area contributed by atoms with Gasteiger partial charge in [0, 0.05) is 23.3 Å². The summed E-state index contributed by atoms with van der Waals surface area (Å²) in [6.45, 7) is 0. The van der Waals surface area contributed by atoms with Crippen LogP contribution in [0, 0.1) is 17.5 Å². The van der Waals surface area contributed by atoms with E-state index < -0.39 is 32.5 Å². The van der Waals surface area contributed by atoms with Gasteiger partial charge in [0.2, 0.25) is 0 Å². The van der Waals surface area contributed by atoms with E-state index in [0.29, 0.717) is 5.56 Å². The van der Waals surface area contributed by atoms with Crippen LogP contribution < -0.4 is 4.18 Å². The van der Waals surface area contributed by atoms with Gasteiger partial charge in [-0.2, -0.15) is 8.42 Å². The summed E-state index contributed by atoms with van der Waals surface area (Å²) in [5.74, 6) is -5.03. The highest BCUT2D eigenvalue weighted by Crippen LogP contribution is 2.24. The quantitative estimate of drug-likeness (QED) is 0.373. The highest BCUT2D eigenvalue weighted by molar-refractivity contribution is 7.87. The van der Waals surface area contributed by atoms with Crippen LogP contribution in [-0.2, 0) is 10.1 Å². The number of carbonyl (C=O) groups excluding carboxylic acids is 1. The Morgan fingerprint density at radius 2 is 1.30 bits per heavy atom. The summed E-state index contributed by atoms with van der Waals surface area (Å²) >= 11 is 0. The number of ketones is 1. The van der Waals surface area contributed by atoms with Crippen molar-refractivity contribution in [3.8, 4) is 5.75 Å². The number of hydrogen-bond acceptors (Lipinski definition) is 4. The van der Waals surface area contributed by atoms with Crippen molar-refractivity contribution >= 4 is 15.9 Å². The van der Waals surface area contributed by atoms with Gasteiger partial charge in [0.05, 0.1) is 0 Å². The van der Waals surface area contributed by atoms with Crippen LogP contribution in [0.15, 0.2) is 71.6 Å². The summed E-state index contributed by atoms with van der Waals surface area (Å²) in [5, 5.41) is 0. The van der Waals surface area contributed by atoms with Crippen molar-refractivity contribution in [1.29, 1.82) is 0 Å². The fourth-order valence-electron chi connectivity index (χ4n) is 2.29. The van der Waals surface area contributed by atoms with Crippen molar-refractivity contribution in [2.24, 2.45) is 0 Å². The lowest BCUT2D eigenvalue weighted by molar-refractivity contribution is 0.103. The summed E-state index contributed by atoms with van der Waals surface area (Å²) in [7, 11) is -4.74. The SMILES string of the molecule is O=C(c1ccccc1)c1ccc(OS(=O)(=O)c2cc(F)c(F)cc2F)cc1. The lowest BCUT2D eigenvalue weighted by Crippen LogP contribution is -2.13. The number of halogens is 3. The van der Waals surface area contributed by atoms with Crippen molar-refractivity contribution in [3.63, 3.8) is 0 Å². The minimum atomic E-state index is -4.74. The van der Waals surface area contributed by atoms with Crippen molar-refractivity contribution in [2.45, 2.75) is 4.90 Å². The molecule has 0 aliphatic heterocycles. The Kier molecular flexibility index (Phi) is 5.00. The van der Waals surface area contributed by atoms with Crippen molar-refractivity contribution < 1.29 is 30.6 Å². The van der Waals surface area contributed by atoms with E-state index in [1.165, 1.54) is 24.3 Å². The summed E-state index contributed by atoms with van der Waals surface area (Å²) in [6, 6.07) is 13.8. The average Bonchev–Trinajstić information content (AvgIpc) is 2.65. The lowest BCUT2D eigenvalue weighted by Gasteiger charge is -2.09. The Hall–Kier alpha value is -3.13. The van der Waals surface area contributed by atoms with Crippen LogP contribution in [0.1, 0.15) is 15.9 Å². The zero-order chi connectivity index (χ0) is 19.6. The number of rotatable bonds is 5. The first-order valence-corrected chi connectivity index (χ1v) is 8.97. The maximum Gasteiger partial charge on any atom is 0.342 e. The van der Waals surface area contributed by atoms with E-state index >= 15 is 0 Å². The van der Waals surface area contributed by atoms with E-state index in [1.54, 1.807) is 30.3 Å². The van der Waals surface area contributed by atoms with Crippen LogP contribution in [0.3, 0.4) is 0 Å². The topological polar surface area (TPSA) is 60.4 Å². The first-order chi connectivity index (χ1) is 12.8. The van der Waals surface area contributed by atoms with E-state index in [0.717, 1.165) is 0 Å². The summed E-state index contributed by atoms with van der Waals surface area (Å²) in [6.07, 6.45) is 0. The third kappa shape index (κ3) is 4.01. The number of carbonyl (C=O) groups is 1. The third-order valence-corrected chi connectivity index (χ3v) is 4.87. The van der Waals surface area contributed by atoms with Gasteiger partial charge in [-0.3, -0.25) is 4.79 Å². The molecule has 8 heteroatoms. The molecule has 0 atom stereocenters. The largest absolute Gasteiger partial charge is 0.379 e. The zero-order valence-corrected chi connectivity index (χ0v) is 14.3. The summed E-state index contributed by atoms with van der Waals surface area (Å²) < 4.78 is 68.8. The Morgan fingerprint density at radius 3 is 1.93 bits per heavy atom. The van der Waals surface area contributed by atoms with E-state index in [9.17, 15) is 26.4 Å². The van der Waals surface area contributed by atoms with Gasteiger partial charge in [-0.25, -0.2) is 13.2 Å². The van der Waals surface area contributed by atoms with Crippen molar-refractivity contribution in [3.05, 3.63) is 95.3 Å². The van der Waals surface area contributed by atoms with Crippen LogP contribution in [0.5, 0.6) is 5.75 Å². The van der Waals surface area contributed by atoms with Gasteiger partial charge in [-0.1, -0.05) is 30.3 Å². The van der Waals surface area contributed by atoms with Crippen LogP contribution in [0.25, 0.3) is 0 Å². The Balaban J connectivity index is 1.84. The molecule has 0 radical (unpaired) electrons. The van der Waals surface area contributed by atoms with Gasteiger partial charge >= 0.3 is 10.1 Å². The monoisotopic (exact) mass is 392 g/mol. The van der Waals surface area contributed by atoms with Gasteiger partial charge < -0.3 is 4.18 Å².